The van der Waals surface area contributed by atoms with E-state index in [-0.39, 0.29) is 17.7 Å². The second kappa shape index (κ2) is 7.41. The first kappa shape index (κ1) is 15.8. The largest absolute Gasteiger partial charge is 0.478 e. The molecule has 0 saturated carbocycles. The van der Waals surface area contributed by atoms with Gasteiger partial charge in [0.05, 0.1) is 0 Å². The normalized spacial score (nSPS) is 18.2. The van der Waals surface area contributed by atoms with Gasteiger partial charge in [0.15, 0.2) is 17.7 Å². The van der Waals surface area contributed by atoms with Crippen LogP contribution in [-0.2, 0) is 4.79 Å². The Bertz CT molecular complexity index is 473. The minimum absolute atomic E-state index is 0.128. The monoisotopic (exact) mass is 294 g/mol. The fourth-order valence-electron chi connectivity index (χ4n) is 2.46. The molecule has 1 saturated heterocycles. The number of amides is 1. The van der Waals surface area contributed by atoms with Gasteiger partial charge >= 0.3 is 0 Å². The molecule has 1 heterocycles. The molecule has 0 radical (unpaired) electrons. The zero-order valence-corrected chi connectivity index (χ0v) is 12.6. The van der Waals surface area contributed by atoms with Gasteiger partial charge in [0.2, 0.25) is 0 Å². The number of nitrogens with one attached hydrogen (secondary N) is 1. The van der Waals surface area contributed by atoms with Gasteiger partial charge in [-0.15, -0.1) is 0 Å². The van der Waals surface area contributed by atoms with Crippen molar-refractivity contribution >= 4 is 5.91 Å². The molecule has 1 atom stereocenters. The summed E-state index contributed by atoms with van der Waals surface area (Å²) < 4.78 is 19.1. The van der Waals surface area contributed by atoms with Crippen LogP contribution in [0.2, 0.25) is 0 Å². The van der Waals surface area contributed by atoms with Crippen molar-refractivity contribution in [2.75, 3.05) is 20.1 Å². The van der Waals surface area contributed by atoms with E-state index in [9.17, 15) is 9.18 Å². The Kier molecular flexibility index (Phi) is 5.56. The van der Waals surface area contributed by atoms with Crippen LogP contribution in [0.25, 0.3) is 0 Å². The summed E-state index contributed by atoms with van der Waals surface area (Å²) >= 11 is 0. The quantitative estimate of drug-likeness (QED) is 0.905. The lowest BCUT2D eigenvalue weighted by atomic mass is 10.1. The Labute approximate surface area is 125 Å². The number of nitrogens with zero attached hydrogens (tertiary/aromatic N) is 1. The number of para-hydroxylation sites is 1. The highest BCUT2D eigenvalue weighted by Gasteiger charge is 2.24. The lowest BCUT2D eigenvalue weighted by molar-refractivity contribution is -0.129. The van der Waals surface area contributed by atoms with E-state index in [0.29, 0.717) is 6.42 Å². The number of ether oxygens (including phenoxy) is 1. The summed E-state index contributed by atoms with van der Waals surface area (Å²) in [5, 5.41) is 3.02. The molecular weight excluding hydrogens is 271 g/mol. The van der Waals surface area contributed by atoms with Gasteiger partial charge < -0.3 is 15.0 Å². The second-order valence-electron chi connectivity index (χ2n) is 5.53. The summed E-state index contributed by atoms with van der Waals surface area (Å²) in [5.74, 6) is -0.471. The van der Waals surface area contributed by atoms with Gasteiger partial charge in [0.25, 0.3) is 5.91 Å². The van der Waals surface area contributed by atoms with Gasteiger partial charge in [-0.2, -0.15) is 0 Å². The number of benzene rings is 1. The molecule has 21 heavy (non-hydrogen) atoms. The van der Waals surface area contributed by atoms with Crippen molar-refractivity contribution in [3.63, 3.8) is 0 Å². The summed E-state index contributed by atoms with van der Waals surface area (Å²) in [6, 6.07) is 6.35. The molecule has 0 aliphatic carbocycles. The molecule has 1 aromatic rings. The van der Waals surface area contributed by atoms with Gasteiger partial charge in [0, 0.05) is 6.04 Å². The number of halogens is 1. The third kappa shape index (κ3) is 4.43. The predicted octanol–water partition coefficient (Wildman–Crippen LogP) is 2.19. The number of hydrogen-bond acceptors (Lipinski definition) is 3. The van der Waals surface area contributed by atoms with Crippen LogP contribution in [0.15, 0.2) is 24.3 Å². The molecule has 1 fully saturated rings. The predicted molar refractivity (Wildman–Crippen MR) is 79.8 cm³/mol. The van der Waals surface area contributed by atoms with E-state index in [1.54, 1.807) is 18.2 Å². The Morgan fingerprint density at radius 1 is 1.43 bits per heavy atom. The fraction of sp³-hybridized carbons (Fsp3) is 0.562. The molecule has 0 aromatic heterocycles. The molecule has 1 amide bonds. The molecule has 4 nitrogen and oxygen atoms in total. The Morgan fingerprint density at radius 2 is 2.10 bits per heavy atom. The topological polar surface area (TPSA) is 41.6 Å². The third-order valence-electron chi connectivity index (χ3n) is 3.83. The van der Waals surface area contributed by atoms with E-state index in [4.69, 9.17) is 4.74 Å². The van der Waals surface area contributed by atoms with E-state index >= 15 is 0 Å². The Morgan fingerprint density at radius 3 is 2.71 bits per heavy atom. The fourth-order valence-corrected chi connectivity index (χ4v) is 2.46. The first-order valence-corrected chi connectivity index (χ1v) is 7.50. The number of piperidine rings is 1. The second-order valence-corrected chi connectivity index (χ2v) is 5.53. The van der Waals surface area contributed by atoms with Crippen LogP contribution in [0.3, 0.4) is 0 Å². The smallest absolute Gasteiger partial charge is 0.261 e. The van der Waals surface area contributed by atoms with Gasteiger partial charge in [-0.3, -0.25) is 4.79 Å². The highest BCUT2D eigenvalue weighted by atomic mass is 19.1. The van der Waals surface area contributed by atoms with Crippen molar-refractivity contribution in [1.82, 2.24) is 10.2 Å². The molecule has 0 unspecified atom stereocenters. The molecule has 1 N–H and O–H groups in total. The Balaban J connectivity index is 1.91. The molecule has 0 spiro atoms. The molecule has 1 aliphatic heterocycles. The van der Waals surface area contributed by atoms with Gasteiger partial charge in [-0.05, 0) is 51.5 Å². The zero-order chi connectivity index (χ0) is 15.2. The third-order valence-corrected chi connectivity index (χ3v) is 3.83. The van der Waals surface area contributed by atoms with Crippen LogP contribution in [0.1, 0.15) is 26.2 Å². The Hall–Kier alpha value is -1.62. The molecule has 0 bridgehead atoms. The van der Waals surface area contributed by atoms with E-state index in [0.717, 1.165) is 25.9 Å². The van der Waals surface area contributed by atoms with Crippen molar-refractivity contribution < 1.29 is 13.9 Å². The highest BCUT2D eigenvalue weighted by Crippen LogP contribution is 2.18. The number of rotatable bonds is 5. The van der Waals surface area contributed by atoms with E-state index in [1.807, 2.05) is 6.92 Å². The van der Waals surface area contributed by atoms with Crippen LogP contribution >= 0.6 is 0 Å². The first-order chi connectivity index (χ1) is 10.1. The standard InChI is InChI=1S/C16H23FN2O2/c1-3-14(21-15-7-5-4-6-13(15)17)16(20)18-12-8-10-19(2)11-9-12/h4-7,12,14H,3,8-11H2,1-2H3,(H,18,20)/t14-/m1/s1. The average Bonchev–Trinajstić information content (AvgIpc) is 2.48. The van der Waals surface area contributed by atoms with E-state index < -0.39 is 11.9 Å². The van der Waals surface area contributed by atoms with Crippen molar-refractivity contribution in [3.05, 3.63) is 30.1 Å². The number of carbonyl (C=O) groups excluding carboxylic acids is 1. The van der Waals surface area contributed by atoms with Crippen molar-refractivity contribution in [2.24, 2.45) is 0 Å². The van der Waals surface area contributed by atoms with Crippen LogP contribution in [0.5, 0.6) is 5.75 Å². The van der Waals surface area contributed by atoms with Gasteiger partial charge in [-0.25, -0.2) is 4.39 Å². The molecule has 1 aliphatic rings. The maximum Gasteiger partial charge on any atom is 0.261 e. The maximum atomic E-state index is 13.6. The van der Waals surface area contributed by atoms with Gasteiger partial charge in [-0.1, -0.05) is 19.1 Å². The highest BCUT2D eigenvalue weighted by molar-refractivity contribution is 5.81. The SMILES string of the molecule is CC[C@@H](Oc1ccccc1F)C(=O)NC1CCN(C)CC1. The summed E-state index contributed by atoms with van der Waals surface area (Å²) in [7, 11) is 2.08. The van der Waals surface area contributed by atoms with Gasteiger partial charge in [0.1, 0.15) is 0 Å². The molecule has 2 rings (SSSR count). The minimum Gasteiger partial charge on any atom is -0.478 e. The zero-order valence-electron chi connectivity index (χ0n) is 12.6. The van der Waals surface area contributed by atoms with Crippen LogP contribution < -0.4 is 10.1 Å². The van der Waals surface area contributed by atoms with Crippen molar-refractivity contribution in [2.45, 2.75) is 38.3 Å². The first-order valence-electron chi connectivity index (χ1n) is 7.50. The van der Waals surface area contributed by atoms with Crippen LogP contribution in [-0.4, -0.2) is 43.1 Å². The molecule has 116 valence electrons. The maximum absolute atomic E-state index is 13.6. The van der Waals surface area contributed by atoms with E-state index in [2.05, 4.69) is 17.3 Å². The number of likely N-dealkylation sites (tertiary alicyclic amines) is 1. The summed E-state index contributed by atoms with van der Waals surface area (Å²) in [6.45, 7) is 3.82. The summed E-state index contributed by atoms with van der Waals surface area (Å²) in [4.78, 5) is 14.5. The van der Waals surface area contributed by atoms with Crippen LogP contribution in [0.4, 0.5) is 4.39 Å². The number of carbonyl (C=O) groups is 1. The molecule has 5 heteroatoms. The molecule has 1 aromatic carbocycles. The average molecular weight is 294 g/mol. The summed E-state index contributed by atoms with van der Waals surface area (Å²) in [5.41, 5.74) is 0. The lowest BCUT2D eigenvalue weighted by Gasteiger charge is -2.30. The van der Waals surface area contributed by atoms with Crippen LogP contribution in [0, 0.1) is 5.82 Å². The van der Waals surface area contributed by atoms with Crippen molar-refractivity contribution in [3.8, 4) is 5.75 Å². The van der Waals surface area contributed by atoms with Crippen molar-refractivity contribution in [1.29, 1.82) is 0 Å². The molecular formula is C16H23FN2O2. The number of hydrogen-bond donors (Lipinski definition) is 1. The summed E-state index contributed by atoms with van der Waals surface area (Å²) in [6.07, 6.45) is 1.74. The lowest BCUT2D eigenvalue weighted by Crippen LogP contribution is -2.48. The van der Waals surface area contributed by atoms with E-state index in [1.165, 1.54) is 6.07 Å². The minimum atomic E-state index is -0.651.